The zero-order valence-corrected chi connectivity index (χ0v) is 52.2. The Labute approximate surface area is 533 Å². The number of rotatable bonds is 14. The van der Waals surface area contributed by atoms with Crippen molar-refractivity contribution >= 4 is 91.8 Å². The fourth-order valence-electron chi connectivity index (χ4n) is 10.6. The number of hydrogen-bond donors (Lipinski definition) is 2. The van der Waals surface area contributed by atoms with E-state index in [2.05, 4.69) is 50.9 Å². The number of alkyl halides is 1. The molecule has 25 heteroatoms. The Morgan fingerprint density at radius 3 is 1.36 bits per heavy atom. The normalized spacial score (nSPS) is 14.3. The number of aliphatic carboxylic acids is 1. The summed E-state index contributed by atoms with van der Waals surface area (Å²) in [4.78, 5) is 63.0. The summed E-state index contributed by atoms with van der Waals surface area (Å²) in [6, 6.07) is 32.4. The van der Waals surface area contributed by atoms with Crippen molar-refractivity contribution in [3.8, 4) is 56.9 Å². The summed E-state index contributed by atoms with van der Waals surface area (Å²) in [6.07, 6.45) is 11.6. The maximum Gasteiger partial charge on any atom is 0.310 e. The smallest absolute Gasteiger partial charge is 0.310 e. The number of imidazole rings is 2. The standard InChI is InChI=1S/C32H29FN8OS.C29H24FN7O2S.C3H7N.CH3F.ClH/c1-3-25-30(38(2)32-37-29(26(15-34)43-32)20-5-9-24(33)10-6-20)41-19-22(8-12-28(41)36-25)21-7-11-27(35-16-21)40-17-23(18-40)31(42)39-13-4-14-39;1-3-22-27(35(2)29-34-26(23(12-31)40-29)17-4-8-21(30)9-5-17)37-16-19(7-11-25(37)33-22)18-6-10-24(32-13-18)36-14-20(15-36)28(38)39;1-2-4-3-1;1-2;/h5-12,16,19,23H,3-4,13-14,17-18H2,1-2H3;4-11,13,16,20H,3,14-15H2,1-2H3,(H,38,39);4H,1-3H2;1H3;1H/i;;;1D;. The van der Waals surface area contributed by atoms with Crippen molar-refractivity contribution in [3.05, 3.63) is 155 Å². The number of aromatic nitrogens is 8. The second-order valence-electron chi connectivity index (χ2n) is 21.6. The van der Waals surface area contributed by atoms with Gasteiger partial charge in [0.1, 0.15) is 79.5 Å². The highest BCUT2D eigenvalue weighted by Gasteiger charge is 2.38. The first-order valence-electron chi connectivity index (χ1n) is 29.7. The van der Waals surface area contributed by atoms with Crippen LogP contribution >= 0.6 is 35.1 Å². The molecule has 0 bridgehead atoms. The molecule has 0 saturated carbocycles. The van der Waals surface area contributed by atoms with Gasteiger partial charge in [-0.3, -0.25) is 22.8 Å². The number of nitrogens with one attached hydrogen (secondary N) is 1. The lowest BCUT2D eigenvalue weighted by molar-refractivity contribution is -0.142. The molecule has 90 heavy (non-hydrogen) atoms. The first-order valence-corrected chi connectivity index (χ1v) is 30.7. The summed E-state index contributed by atoms with van der Waals surface area (Å²) in [7, 11) is 2.82. The lowest BCUT2D eigenvalue weighted by atomic mass is 9.96. The number of benzene rings is 2. The van der Waals surface area contributed by atoms with Crippen LogP contribution in [0.4, 0.5) is 46.7 Å². The van der Waals surface area contributed by atoms with Gasteiger partial charge in [0.15, 0.2) is 10.3 Å². The molecule has 10 aromatic rings. The van der Waals surface area contributed by atoms with Crippen molar-refractivity contribution in [3.63, 3.8) is 0 Å². The first kappa shape index (κ1) is 62.2. The fraction of sp³-hybridized carbons (Fsp3) is 0.292. The number of carboxylic acid groups (broad SMARTS) is 1. The van der Waals surface area contributed by atoms with Crippen LogP contribution in [0.25, 0.3) is 56.1 Å². The average Bonchev–Trinajstić information content (AvgIpc) is 1.74. The summed E-state index contributed by atoms with van der Waals surface area (Å²) in [6.45, 7) is 10.7. The van der Waals surface area contributed by atoms with Crippen LogP contribution in [-0.4, -0.2) is 134 Å². The molecule has 1 amide bonds. The Morgan fingerprint density at radius 1 is 0.633 bits per heavy atom. The van der Waals surface area contributed by atoms with Gasteiger partial charge >= 0.3 is 5.97 Å². The molecule has 0 aliphatic carbocycles. The minimum atomic E-state index is -1.00. The van der Waals surface area contributed by atoms with E-state index in [1.807, 2.05) is 99.9 Å². The van der Waals surface area contributed by atoms with Gasteiger partial charge in [0.05, 0.1) is 31.7 Å². The van der Waals surface area contributed by atoms with Crippen molar-refractivity contribution in [2.75, 3.05) is 93.2 Å². The Hall–Kier alpha value is -9.46. The molecule has 2 aromatic carbocycles. The number of carbonyl (C=O) groups excluding carboxylic acids is 1. The molecular formula is C65H64ClF3N16O3S2. The van der Waals surface area contributed by atoms with Crippen molar-refractivity contribution in [2.24, 2.45) is 11.8 Å². The van der Waals surface area contributed by atoms with Crippen LogP contribution in [0.5, 0.6) is 0 Å². The molecule has 0 atom stereocenters. The Kier molecular flexibility index (Phi) is 19.3. The van der Waals surface area contributed by atoms with E-state index >= 15 is 0 Å². The number of carbonyl (C=O) groups is 2. The lowest BCUT2D eigenvalue weighted by Crippen LogP contribution is -2.57. The number of carboxylic acids is 1. The highest BCUT2D eigenvalue weighted by Crippen LogP contribution is 2.40. The number of aryl methyl sites for hydroxylation is 2. The Morgan fingerprint density at radius 2 is 1.02 bits per heavy atom. The van der Waals surface area contributed by atoms with E-state index in [4.69, 9.17) is 31.4 Å². The number of halogens is 4. The number of nitrogens with zero attached hydrogens (tertiary/aromatic N) is 15. The monoisotopic (exact) mass is 1270 g/mol. The molecule has 8 aromatic heterocycles. The summed E-state index contributed by atoms with van der Waals surface area (Å²) >= 11 is 2.57. The number of pyridine rings is 4. The molecule has 4 saturated heterocycles. The zero-order chi connectivity index (χ0) is 63.2. The van der Waals surface area contributed by atoms with Crippen LogP contribution in [0.15, 0.2) is 122 Å². The van der Waals surface area contributed by atoms with Crippen molar-refractivity contribution in [2.45, 2.75) is 39.5 Å². The molecule has 462 valence electrons. The van der Waals surface area contributed by atoms with Crippen LogP contribution in [-0.2, 0) is 22.4 Å². The maximum atomic E-state index is 13.5. The van der Waals surface area contributed by atoms with Crippen LogP contribution in [0.2, 0.25) is 0 Å². The number of amides is 1. The van der Waals surface area contributed by atoms with E-state index in [-0.39, 0.29) is 41.8 Å². The fourth-order valence-corrected chi connectivity index (χ4v) is 12.3. The van der Waals surface area contributed by atoms with Gasteiger partial charge < -0.3 is 34.9 Å². The van der Waals surface area contributed by atoms with E-state index in [1.165, 1.54) is 66.4 Å². The predicted octanol–water partition coefficient (Wildman–Crippen LogP) is 11.9. The van der Waals surface area contributed by atoms with Gasteiger partial charge in [-0.1, -0.05) is 36.5 Å². The van der Waals surface area contributed by atoms with Gasteiger partial charge in [-0.05, 0) is 136 Å². The quantitative estimate of drug-likeness (QED) is 0.103. The molecule has 0 unspecified atom stereocenters. The van der Waals surface area contributed by atoms with Gasteiger partial charge in [-0.15, -0.1) is 12.4 Å². The van der Waals surface area contributed by atoms with Gasteiger partial charge in [0.2, 0.25) is 5.91 Å². The molecule has 14 rings (SSSR count). The third-order valence-corrected chi connectivity index (χ3v) is 18.1. The summed E-state index contributed by atoms with van der Waals surface area (Å²) in [5.74, 6) is 1.88. The summed E-state index contributed by atoms with van der Waals surface area (Å²) in [5.41, 5.74) is 9.62. The van der Waals surface area contributed by atoms with Gasteiger partial charge in [0, 0.05) is 112 Å². The summed E-state index contributed by atoms with van der Waals surface area (Å²) < 4.78 is 46.6. The number of nitriles is 2. The molecule has 4 aliphatic heterocycles. The van der Waals surface area contributed by atoms with Crippen LogP contribution < -0.4 is 24.9 Å². The molecule has 0 spiro atoms. The van der Waals surface area contributed by atoms with Crippen LogP contribution in [0, 0.1) is 46.1 Å². The van der Waals surface area contributed by atoms with E-state index < -0.39 is 13.1 Å². The largest absolute Gasteiger partial charge is 0.481 e. The van der Waals surface area contributed by atoms with E-state index in [0.717, 1.165) is 87.7 Å². The first-order chi connectivity index (χ1) is 43.7. The van der Waals surface area contributed by atoms with Gasteiger partial charge in [-0.2, -0.15) is 10.5 Å². The van der Waals surface area contributed by atoms with Crippen LogP contribution in [0.1, 0.15) is 49.2 Å². The Balaban J connectivity index is 0.000000179. The second kappa shape index (κ2) is 27.9. The number of fused-ring (bicyclic) bond motifs is 2. The van der Waals surface area contributed by atoms with E-state index in [0.29, 0.717) is 81.6 Å². The summed E-state index contributed by atoms with van der Waals surface area (Å²) in [5, 5.41) is 33.1. The number of likely N-dealkylation sites (tertiary alicyclic amines) is 1. The molecule has 0 radical (unpaired) electrons. The number of hydrogen-bond acceptors (Lipinski definition) is 17. The minimum absolute atomic E-state index is 0. The SMILES string of the molecule is C1CNC1.CCc1nc2ccc(-c3ccc(N4CC(C(=O)N5CCC5)C4)nc3)cn2c1N(C)c1nc(-c2ccc(F)cc2)c(C#N)s1.CCc1nc2ccc(-c3ccc(N4CC(C(=O)O)C4)nc3)cn2c1N(C)c1nc(-c2ccc(F)cc2)c(C#N)s1.Cl.[2H]CF. The minimum Gasteiger partial charge on any atom is -0.481 e. The predicted molar refractivity (Wildman–Crippen MR) is 348 cm³/mol. The van der Waals surface area contributed by atoms with Crippen molar-refractivity contribution in [1.82, 2.24) is 48.9 Å². The van der Waals surface area contributed by atoms with Gasteiger partial charge in [-0.25, -0.2) is 38.7 Å². The molecule has 19 nitrogen and oxygen atoms in total. The lowest BCUT2D eigenvalue weighted by Gasteiger charge is -2.43. The highest BCUT2D eigenvalue weighted by atomic mass is 35.5. The number of thiazole rings is 2. The third kappa shape index (κ3) is 13.0. The van der Waals surface area contributed by atoms with Crippen molar-refractivity contribution in [1.29, 1.82) is 10.5 Å². The average molecular weight is 1270 g/mol. The molecule has 4 fully saturated rings. The number of anilines is 6. The Bertz CT molecular complexity index is 4280. The van der Waals surface area contributed by atoms with E-state index in [9.17, 15) is 33.3 Å². The highest BCUT2D eigenvalue weighted by molar-refractivity contribution is 7.17. The molecular weight excluding hydrogens is 1210 g/mol. The molecule has 2 N–H and O–H groups in total. The zero-order valence-electron chi connectivity index (χ0n) is 50.7. The van der Waals surface area contributed by atoms with Crippen molar-refractivity contribution < 1.29 is 29.2 Å². The molecule has 12 heterocycles. The molecule has 4 aliphatic rings. The van der Waals surface area contributed by atoms with Crippen LogP contribution in [0.3, 0.4) is 0 Å². The second-order valence-corrected chi connectivity index (χ2v) is 23.6. The van der Waals surface area contributed by atoms with E-state index in [1.54, 1.807) is 30.5 Å². The maximum absolute atomic E-state index is 13.5. The van der Waals surface area contributed by atoms with Gasteiger partial charge in [0.25, 0.3) is 0 Å². The topological polar surface area (TPSA) is 216 Å². The third-order valence-electron chi connectivity index (χ3n) is 16.0.